The summed E-state index contributed by atoms with van der Waals surface area (Å²) >= 11 is 0. The maximum absolute atomic E-state index is 12.0. The molecule has 2 heteroatoms. The van der Waals surface area contributed by atoms with Crippen molar-refractivity contribution in [1.82, 2.24) is 4.90 Å². The highest BCUT2D eigenvalue weighted by molar-refractivity contribution is 5.95. The Bertz CT molecular complexity index is 509. The van der Waals surface area contributed by atoms with E-state index in [4.69, 9.17) is 0 Å². The molecule has 2 heterocycles. The summed E-state index contributed by atoms with van der Waals surface area (Å²) in [6.45, 7) is 8.97. The van der Waals surface area contributed by atoms with Crippen molar-refractivity contribution in [2.24, 2.45) is 5.92 Å². The van der Waals surface area contributed by atoms with Crippen LogP contribution in [0.4, 0.5) is 0 Å². The Morgan fingerprint density at radius 3 is 3.00 bits per heavy atom. The average Bonchev–Trinajstić information content (AvgIpc) is 2.85. The highest BCUT2D eigenvalue weighted by Gasteiger charge is 2.51. The highest BCUT2D eigenvalue weighted by Crippen LogP contribution is 2.50. The Morgan fingerprint density at radius 1 is 1.53 bits per heavy atom. The smallest absolute Gasteiger partial charge is 0.248 e. The quantitative estimate of drug-likeness (QED) is 0.630. The van der Waals surface area contributed by atoms with Crippen molar-refractivity contribution in [3.8, 4) is 0 Å². The van der Waals surface area contributed by atoms with Gasteiger partial charge in [-0.05, 0) is 31.4 Å². The second kappa shape index (κ2) is 3.22. The van der Waals surface area contributed by atoms with Crippen LogP contribution in [0, 0.1) is 5.92 Å². The first-order valence-corrected chi connectivity index (χ1v) is 6.12. The molecule has 0 bridgehead atoms. The molecule has 2 aliphatic heterocycles. The molecule has 1 spiro atoms. The van der Waals surface area contributed by atoms with Gasteiger partial charge in [0.25, 0.3) is 0 Å². The van der Waals surface area contributed by atoms with Gasteiger partial charge in [0.1, 0.15) is 5.54 Å². The van der Waals surface area contributed by atoms with E-state index in [9.17, 15) is 4.79 Å². The maximum atomic E-state index is 12.0. The fourth-order valence-corrected chi connectivity index (χ4v) is 3.46. The largest absolute Gasteiger partial charge is 0.319 e. The third-order valence-corrected chi connectivity index (χ3v) is 4.57. The van der Waals surface area contributed by atoms with Gasteiger partial charge in [-0.15, -0.1) is 6.58 Å². The molecule has 0 aromatic carbocycles. The van der Waals surface area contributed by atoms with Gasteiger partial charge >= 0.3 is 0 Å². The zero-order valence-electron chi connectivity index (χ0n) is 10.4. The lowest BCUT2D eigenvalue weighted by atomic mass is 9.70. The molecule has 0 saturated carbocycles. The number of allylic oxidation sites excluding steroid dienone is 2. The zero-order chi connectivity index (χ0) is 12.2. The van der Waals surface area contributed by atoms with Gasteiger partial charge in [0.15, 0.2) is 0 Å². The number of amides is 1. The number of carbonyl (C=O) groups is 1. The van der Waals surface area contributed by atoms with Crippen LogP contribution in [0.1, 0.15) is 20.3 Å². The Hall–Kier alpha value is -1.57. The molecule has 0 N–H and O–H groups in total. The van der Waals surface area contributed by atoms with E-state index in [2.05, 4.69) is 32.6 Å². The zero-order valence-corrected chi connectivity index (χ0v) is 10.4. The first-order valence-electron chi connectivity index (χ1n) is 6.12. The van der Waals surface area contributed by atoms with Crippen molar-refractivity contribution >= 4 is 5.91 Å². The molecule has 0 radical (unpaired) electrons. The minimum absolute atomic E-state index is 0.155. The Kier molecular flexibility index (Phi) is 2.00. The lowest BCUT2D eigenvalue weighted by Gasteiger charge is -2.42. The molecule has 2 nitrogen and oxygen atoms in total. The van der Waals surface area contributed by atoms with Crippen LogP contribution in [-0.2, 0) is 4.79 Å². The topological polar surface area (TPSA) is 20.3 Å². The van der Waals surface area contributed by atoms with Crippen molar-refractivity contribution in [2.45, 2.75) is 25.8 Å². The van der Waals surface area contributed by atoms with E-state index in [1.807, 2.05) is 17.1 Å². The first kappa shape index (κ1) is 10.6. The SMILES string of the molecule is C=C[C@H]1CC2=CC(=O)N3CC=C[C@@]23C(C)=C1C. The van der Waals surface area contributed by atoms with E-state index >= 15 is 0 Å². The maximum Gasteiger partial charge on any atom is 0.248 e. The first-order chi connectivity index (χ1) is 8.11. The number of hydrogen-bond donors (Lipinski definition) is 0. The fourth-order valence-electron chi connectivity index (χ4n) is 3.46. The molecular weight excluding hydrogens is 210 g/mol. The van der Waals surface area contributed by atoms with E-state index in [0.717, 1.165) is 13.0 Å². The van der Waals surface area contributed by atoms with Crippen molar-refractivity contribution in [1.29, 1.82) is 0 Å². The van der Waals surface area contributed by atoms with Crippen LogP contribution in [0.3, 0.4) is 0 Å². The molecule has 0 saturated heterocycles. The number of hydrogen-bond acceptors (Lipinski definition) is 1. The standard InChI is InChI=1S/C15H17NO/c1-4-12-8-13-9-14(17)16-7-5-6-15(13,16)11(3)10(12)2/h4-6,9,12H,1,7-8H2,2-3H3/t12-,15+/m0/s1. The Morgan fingerprint density at radius 2 is 2.29 bits per heavy atom. The van der Waals surface area contributed by atoms with Crippen LogP contribution in [-0.4, -0.2) is 22.9 Å². The molecule has 2 atom stereocenters. The van der Waals surface area contributed by atoms with E-state index in [1.54, 1.807) is 0 Å². The number of rotatable bonds is 1. The van der Waals surface area contributed by atoms with Crippen molar-refractivity contribution in [3.63, 3.8) is 0 Å². The van der Waals surface area contributed by atoms with E-state index in [-0.39, 0.29) is 11.4 Å². The van der Waals surface area contributed by atoms with Crippen molar-refractivity contribution in [2.75, 3.05) is 6.54 Å². The lowest BCUT2D eigenvalue weighted by molar-refractivity contribution is -0.125. The van der Waals surface area contributed by atoms with Gasteiger partial charge in [-0.2, -0.15) is 0 Å². The van der Waals surface area contributed by atoms with Gasteiger partial charge in [-0.25, -0.2) is 0 Å². The summed E-state index contributed by atoms with van der Waals surface area (Å²) in [4.78, 5) is 14.0. The van der Waals surface area contributed by atoms with E-state index in [1.165, 1.54) is 16.7 Å². The van der Waals surface area contributed by atoms with Crippen molar-refractivity contribution in [3.05, 3.63) is 47.6 Å². The van der Waals surface area contributed by atoms with Crippen LogP contribution < -0.4 is 0 Å². The summed E-state index contributed by atoms with van der Waals surface area (Å²) in [6.07, 6.45) is 9.06. The number of nitrogens with zero attached hydrogens (tertiary/aromatic N) is 1. The summed E-state index contributed by atoms with van der Waals surface area (Å²) < 4.78 is 0. The summed E-state index contributed by atoms with van der Waals surface area (Å²) in [5, 5.41) is 0. The van der Waals surface area contributed by atoms with Gasteiger partial charge in [-0.3, -0.25) is 4.79 Å². The van der Waals surface area contributed by atoms with Gasteiger partial charge in [-0.1, -0.05) is 23.8 Å². The molecular formula is C15H17NO. The molecule has 17 heavy (non-hydrogen) atoms. The predicted octanol–water partition coefficient (Wildman–Crippen LogP) is 2.61. The molecule has 0 fully saturated rings. The van der Waals surface area contributed by atoms with Crippen LogP contribution in [0.2, 0.25) is 0 Å². The highest BCUT2D eigenvalue weighted by atomic mass is 16.2. The average molecular weight is 227 g/mol. The Balaban J connectivity index is 2.23. The Labute approximate surface area is 102 Å². The second-order valence-electron chi connectivity index (χ2n) is 5.14. The van der Waals surface area contributed by atoms with Gasteiger partial charge in [0, 0.05) is 18.5 Å². The van der Waals surface area contributed by atoms with Gasteiger partial charge in [0.05, 0.1) is 0 Å². The van der Waals surface area contributed by atoms with Gasteiger partial charge in [0.2, 0.25) is 5.91 Å². The second-order valence-corrected chi connectivity index (χ2v) is 5.14. The molecule has 3 rings (SSSR count). The third kappa shape index (κ3) is 1.08. The van der Waals surface area contributed by atoms with Crippen LogP contribution in [0.15, 0.2) is 47.6 Å². The van der Waals surface area contributed by atoms with Crippen LogP contribution in [0.25, 0.3) is 0 Å². The summed E-state index contributed by atoms with van der Waals surface area (Å²) in [5.41, 5.74) is 3.69. The normalized spacial score (nSPS) is 34.9. The third-order valence-electron chi connectivity index (χ3n) is 4.57. The van der Waals surface area contributed by atoms with Crippen LogP contribution in [0.5, 0.6) is 0 Å². The van der Waals surface area contributed by atoms with Crippen molar-refractivity contribution < 1.29 is 4.79 Å². The van der Waals surface area contributed by atoms with Crippen LogP contribution >= 0.6 is 0 Å². The van der Waals surface area contributed by atoms with Gasteiger partial charge < -0.3 is 4.90 Å². The molecule has 0 unspecified atom stereocenters. The molecule has 88 valence electrons. The summed E-state index contributed by atoms with van der Waals surface area (Å²) in [7, 11) is 0. The summed E-state index contributed by atoms with van der Waals surface area (Å²) in [6, 6.07) is 0. The monoisotopic (exact) mass is 227 g/mol. The number of carbonyl (C=O) groups excluding carboxylic acids is 1. The van der Waals surface area contributed by atoms with E-state index < -0.39 is 0 Å². The molecule has 1 amide bonds. The molecule has 1 aliphatic carbocycles. The minimum Gasteiger partial charge on any atom is -0.319 e. The molecule has 0 aromatic heterocycles. The fraction of sp³-hybridized carbons (Fsp3) is 0.400. The predicted molar refractivity (Wildman–Crippen MR) is 68.3 cm³/mol. The molecule has 3 aliphatic rings. The summed E-state index contributed by atoms with van der Waals surface area (Å²) in [5.74, 6) is 0.537. The molecule has 0 aromatic rings. The van der Waals surface area contributed by atoms with E-state index in [0.29, 0.717) is 5.92 Å². The lowest BCUT2D eigenvalue weighted by Crippen LogP contribution is -2.47. The minimum atomic E-state index is -0.222.